The Morgan fingerprint density at radius 3 is 2.51 bits per heavy atom. The summed E-state index contributed by atoms with van der Waals surface area (Å²) in [5.74, 6) is 1.86. The number of nitrogens with zero attached hydrogens (tertiary/aromatic N) is 5. The van der Waals surface area contributed by atoms with Crippen LogP contribution in [0.5, 0.6) is 11.5 Å². The third-order valence-electron chi connectivity index (χ3n) is 6.82. The zero-order valence-corrected chi connectivity index (χ0v) is 20.4. The number of carbonyl (C=O) groups excluding carboxylic acids is 2. The summed E-state index contributed by atoms with van der Waals surface area (Å²) in [6.07, 6.45) is 3.30. The smallest absolute Gasteiger partial charge is 0.235 e. The van der Waals surface area contributed by atoms with Crippen LogP contribution < -0.4 is 14.4 Å². The molecule has 6 rings (SSSR count). The molecule has 0 spiro atoms. The normalized spacial score (nSPS) is 18.8. The van der Waals surface area contributed by atoms with Gasteiger partial charge in [-0.05, 0) is 35.4 Å². The van der Waals surface area contributed by atoms with Crippen LogP contribution >= 0.6 is 0 Å². The number of rotatable bonds is 6. The Morgan fingerprint density at radius 2 is 1.68 bits per heavy atom. The van der Waals surface area contributed by atoms with E-state index in [-0.39, 0.29) is 24.9 Å². The van der Waals surface area contributed by atoms with Crippen molar-refractivity contribution in [2.45, 2.75) is 19.5 Å². The molecule has 1 amide bonds. The standard InChI is InChI=1S/C28H27N5O4/c34-24-16-27(35)33(18-20-4-2-1-3-5-20)23(24)15-22-8-9-29-28(30-22)32-12-10-31(11-13-32)17-21-6-7-25-26(14-21)37-19-36-25/h1-9,14-15H,10-13,16-19H2/b23-15-. The maximum absolute atomic E-state index is 12.6. The number of likely N-dealkylation sites (tertiary alicyclic amines) is 1. The first-order chi connectivity index (χ1) is 18.1. The molecule has 1 aromatic heterocycles. The highest BCUT2D eigenvalue weighted by atomic mass is 16.7. The molecule has 0 aliphatic carbocycles. The van der Waals surface area contributed by atoms with Crippen molar-refractivity contribution in [3.05, 3.63) is 83.3 Å². The number of hydrogen-bond acceptors (Lipinski definition) is 8. The number of amides is 1. The van der Waals surface area contributed by atoms with Crippen LogP contribution in [0.25, 0.3) is 6.08 Å². The lowest BCUT2D eigenvalue weighted by atomic mass is 10.1. The van der Waals surface area contributed by atoms with Gasteiger partial charge in [0.25, 0.3) is 0 Å². The summed E-state index contributed by atoms with van der Waals surface area (Å²) in [5.41, 5.74) is 3.16. The van der Waals surface area contributed by atoms with Crippen LogP contribution in [0.4, 0.5) is 5.95 Å². The number of ether oxygens (including phenoxy) is 2. The first-order valence-electron chi connectivity index (χ1n) is 12.4. The number of anilines is 1. The Morgan fingerprint density at radius 1 is 0.865 bits per heavy atom. The molecule has 37 heavy (non-hydrogen) atoms. The van der Waals surface area contributed by atoms with Gasteiger partial charge in [0.1, 0.15) is 0 Å². The van der Waals surface area contributed by atoms with Crippen LogP contribution in [0.1, 0.15) is 23.2 Å². The third kappa shape index (κ3) is 5.03. The summed E-state index contributed by atoms with van der Waals surface area (Å²) < 4.78 is 10.9. The topological polar surface area (TPSA) is 88.1 Å². The average Bonchev–Trinajstić information content (AvgIpc) is 3.49. The summed E-state index contributed by atoms with van der Waals surface area (Å²) >= 11 is 0. The van der Waals surface area contributed by atoms with E-state index < -0.39 is 0 Å². The predicted octanol–water partition coefficient (Wildman–Crippen LogP) is 2.87. The van der Waals surface area contributed by atoms with Gasteiger partial charge in [-0.3, -0.25) is 14.5 Å². The van der Waals surface area contributed by atoms with E-state index in [0.29, 0.717) is 23.9 Å². The Bertz CT molecular complexity index is 1350. The van der Waals surface area contributed by atoms with Crippen LogP contribution in [0.15, 0.2) is 66.5 Å². The van der Waals surface area contributed by atoms with Gasteiger partial charge < -0.3 is 19.3 Å². The molecule has 3 aromatic rings. The van der Waals surface area contributed by atoms with E-state index in [1.807, 2.05) is 42.5 Å². The van der Waals surface area contributed by atoms with E-state index in [0.717, 1.165) is 49.8 Å². The van der Waals surface area contributed by atoms with E-state index in [9.17, 15) is 9.59 Å². The van der Waals surface area contributed by atoms with Crippen LogP contribution in [-0.4, -0.2) is 64.4 Å². The maximum atomic E-state index is 12.6. The van der Waals surface area contributed by atoms with Crippen molar-refractivity contribution >= 4 is 23.7 Å². The summed E-state index contributed by atoms with van der Waals surface area (Å²) in [7, 11) is 0. The summed E-state index contributed by atoms with van der Waals surface area (Å²) in [4.78, 5) is 40.4. The molecule has 3 aliphatic rings. The van der Waals surface area contributed by atoms with Crippen molar-refractivity contribution in [3.63, 3.8) is 0 Å². The van der Waals surface area contributed by atoms with E-state index in [1.165, 1.54) is 5.56 Å². The fourth-order valence-electron chi connectivity index (χ4n) is 4.84. The number of piperazine rings is 1. The van der Waals surface area contributed by atoms with Gasteiger partial charge in [0, 0.05) is 38.9 Å². The monoisotopic (exact) mass is 497 g/mol. The molecule has 4 heterocycles. The van der Waals surface area contributed by atoms with Gasteiger partial charge in [-0.1, -0.05) is 36.4 Å². The molecule has 2 aromatic carbocycles. The molecule has 2 fully saturated rings. The zero-order chi connectivity index (χ0) is 25.2. The molecule has 0 atom stereocenters. The summed E-state index contributed by atoms with van der Waals surface area (Å²) in [5, 5.41) is 0. The van der Waals surface area contributed by atoms with Gasteiger partial charge in [-0.15, -0.1) is 0 Å². The fourth-order valence-corrected chi connectivity index (χ4v) is 4.84. The van der Waals surface area contributed by atoms with Gasteiger partial charge in [0.2, 0.25) is 18.6 Å². The number of aromatic nitrogens is 2. The zero-order valence-electron chi connectivity index (χ0n) is 20.4. The van der Waals surface area contributed by atoms with Crippen molar-refractivity contribution in [1.29, 1.82) is 0 Å². The number of hydrogen-bond donors (Lipinski definition) is 0. The van der Waals surface area contributed by atoms with Crippen molar-refractivity contribution in [2.24, 2.45) is 0 Å². The number of ketones is 1. The first kappa shape index (κ1) is 23.2. The van der Waals surface area contributed by atoms with Crippen molar-refractivity contribution in [1.82, 2.24) is 19.8 Å². The van der Waals surface area contributed by atoms with Crippen LogP contribution in [0.3, 0.4) is 0 Å². The number of allylic oxidation sites excluding steroid dienone is 1. The minimum atomic E-state index is -0.187. The Kier molecular flexibility index (Phi) is 6.28. The number of carbonyl (C=O) groups is 2. The Balaban J connectivity index is 1.12. The van der Waals surface area contributed by atoms with Gasteiger partial charge in [0.15, 0.2) is 17.3 Å². The Labute approximate surface area is 214 Å². The highest BCUT2D eigenvalue weighted by Crippen LogP contribution is 2.33. The predicted molar refractivity (Wildman–Crippen MR) is 137 cm³/mol. The van der Waals surface area contributed by atoms with Crippen molar-refractivity contribution in [2.75, 3.05) is 37.9 Å². The molecule has 0 saturated carbocycles. The highest BCUT2D eigenvalue weighted by molar-refractivity contribution is 6.16. The molecule has 0 N–H and O–H groups in total. The second-order valence-electron chi connectivity index (χ2n) is 9.33. The SMILES string of the molecule is O=C1CC(=O)N(Cc2ccccc2)/C1=C\c1ccnc(N2CCN(Cc3ccc4c(c3)OCO4)CC2)n1. The van der Waals surface area contributed by atoms with Crippen LogP contribution in [0, 0.1) is 0 Å². The van der Waals surface area contributed by atoms with E-state index in [4.69, 9.17) is 14.5 Å². The minimum Gasteiger partial charge on any atom is -0.454 e. The van der Waals surface area contributed by atoms with Crippen molar-refractivity contribution in [3.8, 4) is 11.5 Å². The second kappa shape index (κ2) is 10.0. The van der Waals surface area contributed by atoms with Crippen LogP contribution in [-0.2, 0) is 22.7 Å². The molecule has 9 heteroatoms. The molecule has 3 aliphatic heterocycles. The molecule has 188 valence electrons. The number of Topliss-reactive ketones (excluding diaryl/α,β-unsaturated/α-hetero) is 1. The molecular formula is C28H27N5O4. The fraction of sp³-hybridized carbons (Fsp3) is 0.286. The van der Waals surface area contributed by atoms with E-state index in [2.05, 4.69) is 20.9 Å². The van der Waals surface area contributed by atoms with Gasteiger partial charge >= 0.3 is 0 Å². The van der Waals surface area contributed by atoms with Gasteiger partial charge in [-0.25, -0.2) is 9.97 Å². The summed E-state index contributed by atoms with van der Waals surface area (Å²) in [6.45, 7) is 4.82. The highest BCUT2D eigenvalue weighted by Gasteiger charge is 2.33. The van der Waals surface area contributed by atoms with E-state index >= 15 is 0 Å². The maximum Gasteiger partial charge on any atom is 0.235 e. The first-order valence-corrected chi connectivity index (χ1v) is 12.4. The minimum absolute atomic E-state index is 0.109. The lowest BCUT2D eigenvalue weighted by molar-refractivity contribution is -0.127. The van der Waals surface area contributed by atoms with Gasteiger partial charge in [-0.2, -0.15) is 0 Å². The largest absolute Gasteiger partial charge is 0.454 e. The lowest BCUT2D eigenvalue weighted by Crippen LogP contribution is -2.46. The molecule has 9 nitrogen and oxygen atoms in total. The van der Waals surface area contributed by atoms with Crippen LogP contribution in [0.2, 0.25) is 0 Å². The van der Waals surface area contributed by atoms with E-state index in [1.54, 1.807) is 23.2 Å². The Hall–Kier alpha value is -4.24. The molecule has 0 bridgehead atoms. The molecular weight excluding hydrogens is 470 g/mol. The molecule has 2 saturated heterocycles. The number of benzene rings is 2. The quantitative estimate of drug-likeness (QED) is 0.380. The molecule has 0 radical (unpaired) electrons. The van der Waals surface area contributed by atoms with Crippen molar-refractivity contribution < 1.29 is 19.1 Å². The third-order valence-corrected chi connectivity index (χ3v) is 6.82. The second-order valence-corrected chi connectivity index (χ2v) is 9.33. The lowest BCUT2D eigenvalue weighted by Gasteiger charge is -2.34. The average molecular weight is 498 g/mol. The summed E-state index contributed by atoms with van der Waals surface area (Å²) in [6, 6.07) is 17.5. The molecule has 0 unspecified atom stereocenters. The number of fused-ring (bicyclic) bond motifs is 1. The van der Waals surface area contributed by atoms with Gasteiger partial charge in [0.05, 0.1) is 24.4 Å².